The number of methoxy groups -OCH3 is 1. The van der Waals surface area contributed by atoms with Gasteiger partial charge in [0.05, 0.1) is 18.2 Å². The molecule has 0 aliphatic heterocycles. The van der Waals surface area contributed by atoms with Gasteiger partial charge in [0.25, 0.3) is 0 Å². The largest absolute Gasteiger partial charge is 0.469 e. The zero-order valence-electron chi connectivity index (χ0n) is 11.9. The first-order valence-electron chi connectivity index (χ1n) is 6.31. The predicted octanol–water partition coefficient (Wildman–Crippen LogP) is 2.80. The number of benzene rings is 1. The number of H-pyrrole nitrogens is 1. The lowest BCUT2D eigenvalue weighted by atomic mass is 9.93. The van der Waals surface area contributed by atoms with Gasteiger partial charge >= 0.3 is 5.97 Å². The number of rotatable bonds is 4. The van der Waals surface area contributed by atoms with Crippen molar-refractivity contribution >= 4 is 22.6 Å². The van der Waals surface area contributed by atoms with E-state index in [-0.39, 0.29) is 5.97 Å². The van der Waals surface area contributed by atoms with Crippen LogP contribution in [0.5, 0.6) is 0 Å². The second-order valence-electron chi connectivity index (χ2n) is 5.45. The van der Waals surface area contributed by atoms with Crippen LogP contribution < -0.4 is 4.90 Å². The van der Waals surface area contributed by atoms with Crippen LogP contribution in [0.25, 0.3) is 10.9 Å². The fourth-order valence-corrected chi connectivity index (χ4v) is 2.39. The standard InChI is InChI=1S/C15H20N2O2/c1-15(2,14(18)19-4)10-17(3)13-9-16-12-8-6-5-7-11(12)13/h5-9,16H,10H2,1-4H3. The Kier molecular flexibility index (Phi) is 3.51. The number of fused-ring (bicyclic) bond motifs is 1. The number of ether oxygens (including phenoxy) is 1. The minimum absolute atomic E-state index is 0.195. The maximum atomic E-state index is 11.7. The van der Waals surface area contributed by atoms with Crippen molar-refractivity contribution in [2.24, 2.45) is 5.41 Å². The minimum atomic E-state index is -0.540. The number of carbonyl (C=O) groups excluding carboxylic acids is 1. The zero-order chi connectivity index (χ0) is 14.0. The summed E-state index contributed by atoms with van der Waals surface area (Å²) in [4.78, 5) is 17.1. The molecule has 1 N–H and O–H groups in total. The van der Waals surface area contributed by atoms with Crippen LogP contribution in [0.15, 0.2) is 30.5 Å². The molecule has 0 saturated carbocycles. The molecule has 0 saturated heterocycles. The van der Waals surface area contributed by atoms with Gasteiger partial charge in [0.2, 0.25) is 0 Å². The number of hydrogen-bond donors (Lipinski definition) is 1. The van der Waals surface area contributed by atoms with Crippen LogP contribution in [0.4, 0.5) is 5.69 Å². The van der Waals surface area contributed by atoms with Crippen molar-refractivity contribution in [3.63, 3.8) is 0 Å². The number of aromatic nitrogens is 1. The normalized spacial score (nSPS) is 11.6. The van der Waals surface area contributed by atoms with Crippen molar-refractivity contribution in [2.45, 2.75) is 13.8 Å². The molecule has 4 heteroatoms. The number of anilines is 1. The van der Waals surface area contributed by atoms with Gasteiger partial charge in [-0.15, -0.1) is 0 Å². The molecule has 1 heterocycles. The van der Waals surface area contributed by atoms with E-state index in [9.17, 15) is 4.79 Å². The second-order valence-corrected chi connectivity index (χ2v) is 5.45. The Morgan fingerprint density at radius 1 is 1.37 bits per heavy atom. The Labute approximate surface area is 113 Å². The summed E-state index contributed by atoms with van der Waals surface area (Å²) in [6, 6.07) is 8.13. The van der Waals surface area contributed by atoms with Gasteiger partial charge in [0.15, 0.2) is 0 Å². The summed E-state index contributed by atoms with van der Waals surface area (Å²) in [5.74, 6) is -0.195. The molecule has 0 amide bonds. The molecule has 0 spiro atoms. The number of nitrogens with one attached hydrogen (secondary N) is 1. The van der Waals surface area contributed by atoms with Gasteiger partial charge in [0.1, 0.15) is 0 Å². The van der Waals surface area contributed by atoms with Crippen LogP contribution in [-0.4, -0.2) is 31.7 Å². The topological polar surface area (TPSA) is 45.3 Å². The molecule has 0 fully saturated rings. The molecule has 19 heavy (non-hydrogen) atoms. The molecule has 1 aromatic heterocycles. The van der Waals surface area contributed by atoms with Crippen molar-refractivity contribution < 1.29 is 9.53 Å². The maximum absolute atomic E-state index is 11.7. The van der Waals surface area contributed by atoms with Gasteiger partial charge in [-0.1, -0.05) is 18.2 Å². The van der Waals surface area contributed by atoms with Gasteiger partial charge in [-0.3, -0.25) is 4.79 Å². The van der Waals surface area contributed by atoms with E-state index >= 15 is 0 Å². The van der Waals surface area contributed by atoms with Crippen LogP contribution in [-0.2, 0) is 9.53 Å². The summed E-state index contributed by atoms with van der Waals surface area (Å²) in [7, 11) is 3.41. The van der Waals surface area contributed by atoms with Crippen LogP contribution >= 0.6 is 0 Å². The lowest BCUT2D eigenvalue weighted by Crippen LogP contribution is -2.38. The Bertz CT molecular complexity index is 587. The molecule has 0 unspecified atom stereocenters. The first-order chi connectivity index (χ1) is 8.95. The van der Waals surface area contributed by atoms with Crippen LogP contribution in [0.2, 0.25) is 0 Å². The Hall–Kier alpha value is -1.97. The minimum Gasteiger partial charge on any atom is -0.469 e. The molecule has 2 aromatic rings. The molecule has 0 bridgehead atoms. The van der Waals surface area contributed by atoms with Gasteiger partial charge in [0, 0.05) is 30.7 Å². The van der Waals surface area contributed by atoms with Gasteiger partial charge < -0.3 is 14.6 Å². The zero-order valence-corrected chi connectivity index (χ0v) is 11.9. The van der Waals surface area contributed by atoms with Crippen molar-refractivity contribution in [3.05, 3.63) is 30.5 Å². The second kappa shape index (κ2) is 4.96. The molecule has 0 aliphatic carbocycles. The highest BCUT2D eigenvalue weighted by Crippen LogP contribution is 2.28. The first kappa shape index (κ1) is 13.5. The first-order valence-corrected chi connectivity index (χ1v) is 6.31. The lowest BCUT2D eigenvalue weighted by Gasteiger charge is -2.28. The maximum Gasteiger partial charge on any atom is 0.313 e. The van der Waals surface area contributed by atoms with E-state index in [0.717, 1.165) is 16.6 Å². The number of nitrogens with zero attached hydrogens (tertiary/aromatic N) is 1. The summed E-state index contributed by atoms with van der Waals surface area (Å²) < 4.78 is 4.85. The molecule has 102 valence electrons. The molecule has 2 rings (SSSR count). The quantitative estimate of drug-likeness (QED) is 0.860. The highest BCUT2D eigenvalue weighted by atomic mass is 16.5. The SMILES string of the molecule is COC(=O)C(C)(C)CN(C)c1c[nH]c2ccccc12. The van der Waals surface area contributed by atoms with E-state index in [1.165, 1.54) is 7.11 Å². The molecular formula is C15H20N2O2. The van der Waals surface area contributed by atoms with Crippen molar-refractivity contribution in [2.75, 3.05) is 25.6 Å². The fourth-order valence-electron chi connectivity index (χ4n) is 2.39. The van der Waals surface area contributed by atoms with E-state index in [2.05, 4.69) is 16.0 Å². The third kappa shape index (κ3) is 2.57. The van der Waals surface area contributed by atoms with E-state index < -0.39 is 5.41 Å². The Morgan fingerprint density at radius 2 is 2.05 bits per heavy atom. The summed E-state index contributed by atoms with van der Waals surface area (Å²) >= 11 is 0. The van der Waals surface area contributed by atoms with Crippen LogP contribution in [0.1, 0.15) is 13.8 Å². The number of aromatic amines is 1. The van der Waals surface area contributed by atoms with Crippen molar-refractivity contribution in [1.29, 1.82) is 0 Å². The molecule has 0 aliphatic rings. The molecule has 4 nitrogen and oxygen atoms in total. The Morgan fingerprint density at radius 3 is 2.74 bits per heavy atom. The molecule has 0 radical (unpaired) electrons. The Balaban J connectivity index is 2.25. The third-order valence-corrected chi connectivity index (χ3v) is 3.35. The molecule has 0 atom stereocenters. The number of hydrogen-bond acceptors (Lipinski definition) is 3. The monoisotopic (exact) mass is 260 g/mol. The van der Waals surface area contributed by atoms with Crippen LogP contribution in [0, 0.1) is 5.41 Å². The van der Waals surface area contributed by atoms with Crippen molar-refractivity contribution in [1.82, 2.24) is 4.98 Å². The average molecular weight is 260 g/mol. The summed E-state index contributed by atoms with van der Waals surface area (Å²) in [6.45, 7) is 4.38. The van der Waals surface area contributed by atoms with E-state index in [0.29, 0.717) is 6.54 Å². The van der Waals surface area contributed by atoms with Gasteiger partial charge in [-0.2, -0.15) is 0 Å². The average Bonchev–Trinajstić information content (AvgIpc) is 2.81. The summed E-state index contributed by atoms with van der Waals surface area (Å²) in [5.41, 5.74) is 1.65. The van der Waals surface area contributed by atoms with Crippen molar-refractivity contribution in [3.8, 4) is 0 Å². The fraction of sp³-hybridized carbons (Fsp3) is 0.400. The summed E-state index contributed by atoms with van der Waals surface area (Å²) in [6.07, 6.45) is 1.97. The highest BCUT2D eigenvalue weighted by Gasteiger charge is 2.30. The lowest BCUT2D eigenvalue weighted by molar-refractivity contribution is -0.150. The van der Waals surface area contributed by atoms with E-state index in [4.69, 9.17) is 4.74 Å². The third-order valence-electron chi connectivity index (χ3n) is 3.35. The van der Waals surface area contributed by atoms with Gasteiger partial charge in [-0.25, -0.2) is 0 Å². The van der Waals surface area contributed by atoms with E-state index in [1.54, 1.807) is 0 Å². The van der Waals surface area contributed by atoms with Gasteiger partial charge in [-0.05, 0) is 19.9 Å². The highest BCUT2D eigenvalue weighted by molar-refractivity contribution is 5.93. The van der Waals surface area contributed by atoms with Crippen LogP contribution in [0.3, 0.4) is 0 Å². The smallest absolute Gasteiger partial charge is 0.313 e. The number of carbonyl (C=O) groups is 1. The molecule has 1 aromatic carbocycles. The predicted molar refractivity (Wildman–Crippen MR) is 77.4 cm³/mol. The summed E-state index contributed by atoms with van der Waals surface area (Å²) in [5, 5.41) is 1.16. The number of esters is 1. The number of para-hydroxylation sites is 1. The molecular weight excluding hydrogens is 240 g/mol. The van der Waals surface area contributed by atoms with E-state index in [1.807, 2.05) is 45.3 Å².